The molecular formula is C14H24O4. The molecule has 0 heterocycles. The summed E-state index contributed by atoms with van der Waals surface area (Å²) in [5.41, 5.74) is 0.965. The van der Waals surface area contributed by atoms with E-state index >= 15 is 0 Å². The molecule has 0 saturated heterocycles. The van der Waals surface area contributed by atoms with Gasteiger partial charge in [-0.3, -0.25) is 0 Å². The summed E-state index contributed by atoms with van der Waals surface area (Å²) in [6.45, 7) is 4.49. The van der Waals surface area contributed by atoms with Crippen LogP contribution in [0.4, 0.5) is 0 Å². The molecule has 0 spiro atoms. The molecule has 4 nitrogen and oxygen atoms in total. The van der Waals surface area contributed by atoms with Crippen molar-refractivity contribution in [2.24, 2.45) is 0 Å². The van der Waals surface area contributed by atoms with E-state index in [0.717, 1.165) is 5.56 Å². The van der Waals surface area contributed by atoms with Crippen LogP contribution in [0.3, 0.4) is 0 Å². The fraction of sp³-hybridized carbons (Fsp3) is 0.571. The summed E-state index contributed by atoms with van der Waals surface area (Å²) in [5.74, 6) is 0. The second kappa shape index (κ2) is 11.2. The molecule has 0 radical (unpaired) electrons. The van der Waals surface area contributed by atoms with Gasteiger partial charge >= 0.3 is 0 Å². The van der Waals surface area contributed by atoms with Crippen molar-refractivity contribution in [1.29, 1.82) is 0 Å². The fourth-order valence-electron chi connectivity index (χ4n) is 1.00. The van der Waals surface area contributed by atoms with Gasteiger partial charge in [0, 0.05) is 7.11 Å². The zero-order valence-electron chi connectivity index (χ0n) is 11.4. The number of aliphatic hydroxyl groups excluding tert-OH is 2. The zero-order chi connectivity index (χ0) is 13.8. The largest absolute Gasteiger partial charge is 0.394 e. The number of rotatable bonds is 6. The van der Waals surface area contributed by atoms with E-state index in [1.54, 1.807) is 7.11 Å². The van der Waals surface area contributed by atoms with E-state index < -0.39 is 0 Å². The molecule has 0 fully saturated rings. The molecule has 0 aromatic heterocycles. The van der Waals surface area contributed by atoms with Crippen LogP contribution in [-0.4, -0.2) is 42.7 Å². The van der Waals surface area contributed by atoms with Crippen molar-refractivity contribution in [3.05, 3.63) is 35.9 Å². The Kier molecular flexibility index (Phi) is 10.6. The van der Waals surface area contributed by atoms with Crippen molar-refractivity contribution in [2.75, 3.05) is 20.3 Å². The highest BCUT2D eigenvalue weighted by atomic mass is 16.5. The summed E-state index contributed by atoms with van der Waals surface area (Å²) in [4.78, 5) is 0. The Morgan fingerprint density at radius 3 is 2.06 bits per heavy atom. The molecule has 1 aromatic carbocycles. The number of methoxy groups -OCH3 is 1. The van der Waals surface area contributed by atoms with Crippen LogP contribution in [0.1, 0.15) is 19.4 Å². The number of ether oxygens (including phenoxy) is 2. The molecule has 0 aliphatic heterocycles. The Hall–Kier alpha value is -0.940. The van der Waals surface area contributed by atoms with Crippen LogP contribution >= 0.6 is 0 Å². The van der Waals surface area contributed by atoms with Gasteiger partial charge in [0.25, 0.3) is 0 Å². The van der Waals surface area contributed by atoms with E-state index in [0.29, 0.717) is 6.61 Å². The SMILES string of the molecule is COC(C)COC(C)CO.OCc1ccccc1. The summed E-state index contributed by atoms with van der Waals surface area (Å²) in [6, 6.07) is 9.52. The van der Waals surface area contributed by atoms with Crippen LogP contribution < -0.4 is 0 Å². The average molecular weight is 256 g/mol. The molecule has 2 atom stereocenters. The van der Waals surface area contributed by atoms with Crippen LogP contribution in [0.5, 0.6) is 0 Å². The van der Waals surface area contributed by atoms with E-state index in [1.165, 1.54) is 0 Å². The number of hydrogen-bond donors (Lipinski definition) is 2. The first-order valence-electron chi connectivity index (χ1n) is 6.04. The van der Waals surface area contributed by atoms with E-state index in [-0.39, 0.29) is 25.4 Å². The minimum absolute atomic E-state index is 0.0659. The fourth-order valence-corrected chi connectivity index (χ4v) is 1.00. The molecule has 18 heavy (non-hydrogen) atoms. The van der Waals surface area contributed by atoms with Crippen LogP contribution in [-0.2, 0) is 16.1 Å². The van der Waals surface area contributed by atoms with Crippen molar-refractivity contribution in [3.8, 4) is 0 Å². The molecule has 2 unspecified atom stereocenters. The van der Waals surface area contributed by atoms with Gasteiger partial charge in [-0.2, -0.15) is 0 Å². The van der Waals surface area contributed by atoms with Crippen LogP contribution in [0.25, 0.3) is 0 Å². The quantitative estimate of drug-likeness (QED) is 0.811. The minimum atomic E-state index is -0.0856. The molecular weight excluding hydrogens is 232 g/mol. The Labute approximate surface area is 109 Å². The van der Waals surface area contributed by atoms with Crippen molar-refractivity contribution in [3.63, 3.8) is 0 Å². The molecule has 0 bridgehead atoms. The molecule has 0 saturated carbocycles. The van der Waals surface area contributed by atoms with E-state index in [4.69, 9.17) is 19.7 Å². The van der Waals surface area contributed by atoms with Crippen LogP contribution in [0.2, 0.25) is 0 Å². The Morgan fingerprint density at radius 2 is 1.67 bits per heavy atom. The third-order valence-corrected chi connectivity index (χ3v) is 2.30. The molecule has 104 valence electrons. The summed E-state index contributed by atoms with van der Waals surface area (Å²) in [6.07, 6.45) is 0.0200. The lowest BCUT2D eigenvalue weighted by molar-refractivity contribution is -0.0313. The summed E-state index contributed by atoms with van der Waals surface area (Å²) in [5, 5.41) is 17.1. The molecule has 1 aromatic rings. The highest BCUT2D eigenvalue weighted by Crippen LogP contribution is 1.95. The van der Waals surface area contributed by atoms with Crippen molar-refractivity contribution >= 4 is 0 Å². The lowest BCUT2D eigenvalue weighted by atomic mass is 10.2. The van der Waals surface area contributed by atoms with Gasteiger partial charge in [0.05, 0.1) is 32.0 Å². The van der Waals surface area contributed by atoms with Crippen molar-refractivity contribution < 1.29 is 19.7 Å². The van der Waals surface area contributed by atoms with Crippen molar-refractivity contribution in [1.82, 2.24) is 0 Å². The summed E-state index contributed by atoms with van der Waals surface area (Å²) in [7, 11) is 1.64. The van der Waals surface area contributed by atoms with Gasteiger partial charge in [-0.1, -0.05) is 30.3 Å². The summed E-state index contributed by atoms with van der Waals surface area (Å²) < 4.78 is 10.1. The molecule has 1 rings (SSSR count). The van der Waals surface area contributed by atoms with E-state index in [1.807, 2.05) is 44.2 Å². The van der Waals surface area contributed by atoms with Gasteiger partial charge in [-0.25, -0.2) is 0 Å². The maximum absolute atomic E-state index is 8.55. The Balaban J connectivity index is 0.000000327. The van der Waals surface area contributed by atoms with Gasteiger partial charge in [-0.05, 0) is 19.4 Å². The van der Waals surface area contributed by atoms with Gasteiger partial charge in [0.1, 0.15) is 0 Å². The summed E-state index contributed by atoms with van der Waals surface area (Å²) >= 11 is 0. The smallest absolute Gasteiger partial charge is 0.0779 e. The first kappa shape index (κ1) is 17.1. The predicted octanol–water partition coefficient (Wildman–Crippen LogP) is 1.60. The Bertz CT molecular complexity index is 266. The minimum Gasteiger partial charge on any atom is -0.394 e. The lowest BCUT2D eigenvalue weighted by Crippen LogP contribution is -2.21. The molecule has 0 aliphatic rings. The van der Waals surface area contributed by atoms with E-state index in [9.17, 15) is 0 Å². The van der Waals surface area contributed by atoms with Gasteiger partial charge in [0.15, 0.2) is 0 Å². The maximum Gasteiger partial charge on any atom is 0.0779 e. The van der Waals surface area contributed by atoms with Crippen LogP contribution in [0, 0.1) is 0 Å². The zero-order valence-corrected chi connectivity index (χ0v) is 11.4. The monoisotopic (exact) mass is 256 g/mol. The Morgan fingerprint density at radius 1 is 1.06 bits per heavy atom. The molecule has 4 heteroatoms. The highest BCUT2D eigenvalue weighted by Gasteiger charge is 2.03. The van der Waals surface area contributed by atoms with Gasteiger partial charge in [-0.15, -0.1) is 0 Å². The third kappa shape index (κ3) is 9.13. The first-order chi connectivity index (χ1) is 8.63. The average Bonchev–Trinajstić information content (AvgIpc) is 2.45. The van der Waals surface area contributed by atoms with Crippen LogP contribution in [0.15, 0.2) is 30.3 Å². The molecule has 2 N–H and O–H groups in total. The third-order valence-electron chi connectivity index (χ3n) is 2.30. The topological polar surface area (TPSA) is 58.9 Å². The highest BCUT2D eigenvalue weighted by molar-refractivity contribution is 5.12. The van der Waals surface area contributed by atoms with Gasteiger partial charge < -0.3 is 19.7 Å². The molecule has 0 aliphatic carbocycles. The lowest BCUT2D eigenvalue weighted by Gasteiger charge is -2.13. The van der Waals surface area contributed by atoms with E-state index in [2.05, 4.69) is 0 Å². The number of benzene rings is 1. The second-order valence-electron chi connectivity index (χ2n) is 4.02. The second-order valence-corrected chi connectivity index (χ2v) is 4.02. The number of hydrogen-bond acceptors (Lipinski definition) is 4. The van der Waals surface area contributed by atoms with Gasteiger partial charge in [0.2, 0.25) is 0 Å². The standard InChI is InChI=1S/C7H16O3.C7H8O/c1-6(4-8)10-5-7(2)9-3;8-6-7-4-2-1-3-5-7/h6-8H,4-5H2,1-3H3;1-5,8H,6H2. The maximum atomic E-state index is 8.55. The number of aliphatic hydroxyl groups is 2. The normalized spacial score (nSPS) is 13.4. The van der Waals surface area contributed by atoms with Crippen molar-refractivity contribution in [2.45, 2.75) is 32.7 Å². The first-order valence-corrected chi connectivity index (χ1v) is 6.04. The molecule has 0 amide bonds. The predicted molar refractivity (Wildman–Crippen MR) is 71.3 cm³/mol.